The van der Waals surface area contributed by atoms with E-state index in [2.05, 4.69) is 30.2 Å². The van der Waals surface area contributed by atoms with Crippen LogP contribution in [0.3, 0.4) is 0 Å². The number of carbonyl (C=O) groups is 2. The van der Waals surface area contributed by atoms with Crippen molar-refractivity contribution in [2.75, 3.05) is 42.5 Å². The molecule has 1 aliphatic heterocycles. The molecule has 10 nitrogen and oxygen atoms in total. The van der Waals surface area contributed by atoms with Gasteiger partial charge in [-0.05, 0) is 18.6 Å². The number of aromatic nitrogens is 4. The van der Waals surface area contributed by atoms with E-state index >= 15 is 0 Å². The van der Waals surface area contributed by atoms with E-state index < -0.39 is 11.7 Å². The van der Waals surface area contributed by atoms with Gasteiger partial charge in [-0.2, -0.15) is 0 Å². The highest BCUT2D eigenvalue weighted by Gasteiger charge is 2.22. The highest BCUT2D eigenvalue weighted by Crippen LogP contribution is 2.23. The number of aromatic amines is 1. The van der Waals surface area contributed by atoms with Crippen molar-refractivity contribution in [2.24, 2.45) is 5.73 Å². The van der Waals surface area contributed by atoms with E-state index in [1.165, 1.54) is 12.3 Å². The van der Waals surface area contributed by atoms with Crippen molar-refractivity contribution in [2.45, 2.75) is 13.3 Å². The largest absolute Gasteiger partial charge is 0.366 e. The minimum absolute atomic E-state index is 0.0504. The maximum absolute atomic E-state index is 13.8. The van der Waals surface area contributed by atoms with Crippen molar-refractivity contribution in [1.82, 2.24) is 25.3 Å². The van der Waals surface area contributed by atoms with Crippen LogP contribution in [0.15, 0.2) is 24.5 Å². The van der Waals surface area contributed by atoms with Crippen LogP contribution in [0.25, 0.3) is 11.0 Å². The molecule has 2 aromatic heterocycles. The SMILES string of the molecule is CCCNC(=O)c1cnc(N2CCN(c3nc4c(C(N)=O)cc(F)cc4[nH]3)CC2)cn1. The van der Waals surface area contributed by atoms with E-state index in [1.807, 2.05) is 11.8 Å². The minimum atomic E-state index is -0.724. The summed E-state index contributed by atoms with van der Waals surface area (Å²) in [6, 6.07) is 2.39. The Balaban J connectivity index is 1.43. The first-order chi connectivity index (χ1) is 15.0. The number of primary amides is 1. The Hall–Kier alpha value is -3.76. The van der Waals surface area contributed by atoms with Gasteiger partial charge in [-0.1, -0.05) is 6.92 Å². The summed E-state index contributed by atoms with van der Waals surface area (Å²) in [5, 5.41) is 2.77. The van der Waals surface area contributed by atoms with Crippen LogP contribution in [-0.2, 0) is 0 Å². The van der Waals surface area contributed by atoms with Crippen LogP contribution >= 0.6 is 0 Å². The van der Waals surface area contributed by atoms with Gasteiger partial charge in [-0.25, -0.2) is 19.3 Å². The highest BCUT2D eigenvalue weighted by molar-refractivity contribution is 6.04. The molecule has 0 bridgehead atoms. The van der Waals surface area contributed by atoms with Gasteiger partial charge in [-0.15, -0.1) is 0 Å². The fourth-order valence-corrected chi connectivity index (χ4v) is 3.49. The fraction of sp³-hybridized carbons (Fsp3) is 0.350. The summed E-state index contributed by atoms with van der Waals surface area (Å²) >= 11 is 0. The number of carbonyl (C=O) groups excluding carboxylic acids is 2. The van der Waals surface area contributed by atoms with Crippen LogP contribution in [0.5, 0.6) is 0 Å². The van der Waals surface area contributed by atoms with Gasteiger partial charge in [0.05, 0.1) is 23.5 Å². The Bertz CT molecular complexity index is 1110. The number of halogens is 1. The summed E-state index contributed by atoms with van der Waals surface area (Å²) in [5.74, 6) is -0.266. The molecule has 162 valence electrons. The first-order valence-electron chi connectivity index (χ1n) is 10.1. The first-order valence-corrected chi connectivity index (χ1v) is 10.1. The number of H-pyrrole nitrogens is 1. The predicted molar refractivity (Wildman–Crippen MR) is 114 cm³/mol. The molecular weight excluding hydrogens is 403 g/mol. The number of hydrogen-bond donors (Lipinski definition) is 3. The number of imidazole rings is 1. The first kappa shape index (κ1) is 20.5. The minimum Gasteiger partial charge on any atom is -0.366 e. The van der Waals surface area contributed by atoms with Crippen LogP contribution in [-0.4, -0.2) is 64.5 Å². The number of nitrogens with zero attached hydrogens (tertiary/aromatic N) is 5. The lowest BCUT2D eigenvalue weighted by Gasteiger charge is -2.35. The molecule has 0 radical (unpaired) electrons. The van der Waals surface area contributed by atoms with Crippen molar-refractivity contribution >= 4 is 34.6 Å². The molecule has 0 aliphatic carbocycles. The Labute approximate surface area is 177 Å². The summed E-state index contributed by atoms with van der Waals surface area (Å²) < 4.78 is 13.8. The second-order valence-corrected chi connectivity index (χ2v) is 7.26. The average molecular weight is 426 g/mol. The quantitative estimate of drug-likeness (QED) is 0.537. The third kappa shape index (κ3) is 4.25. The lowest BCUT2D eigenvalue weighted by atomic mass is 10.1. The van der Waals surface area contributed by atoms with Gasteiger partial charge in [-0.3, -0.25) is 9.59 Å². The second kappa shape index (κ2) is 8.54. The molecule has 4 rings (SSSR count). The Kier molecular flexibility index (Phi) is 5.65. The zero-order chi connectivity index (χ0) is 22.0. The van der Waals surface area contributed by atoms with Crippen molar-refractivity contribution < 1.29 is 14.0 Å². The number of rotatable bonds is 6. The van der Waals surface area contributed by atoms with Crippen molar-refractivity contribution in [1.29, 1.82) is 0 Å². The molecule has 11 heteroatoms. The number of nitrogens with two attached hydrogens (primary N) is 1. The monoisotopic (exact) mass is 426 g/mol. The van der Waals surface area contributed by atoms with Crippen molar-refractivity contribution in [3.8, 4) is 0 Å². The Morgan fingerprint density at radius 3 is 2.55 bits per heavy atom. The highest BCUT2D eigenvalue weighted by atomic mass is 19.1. The molecule has 0 atom stereocenters. The van der Waals surface area contributed by atoms with E-state index in [0.717, 1.165) is 12.5 Å². The zero-order valence-electron chi connectivity index (χ0n) is 17.1. The smallest absolute Gasteiger partial charge is 0.271 e. The van der Waals surface area contributed by atoms with Gasteiger partial charge in [0, 0.05) is 32.7 Å². The molecule has 1 fully saturated rings. The molecule has 3 aromatic rings. The molecule has 1 aromatic carbocycles. The molecule has 0 unspecified atom stereocenters. The molecule has 1 saturated heterocycles. The third-order valence-corrected chi connectivity index (χ3v) is 5.11. The molecule has 1 aliphatic rings. The normalized spacial score (nSPS) is 14.1. The van der Waals surface area contributed by atoms with E-state index in [1.54, 1.807) is 6.20 Å². The van der Waals surface area contributed by atoms with Gasteiger partial charge >= 0.3 is 0 Å². The van der Waals surface area contributed by atoms with Gasteiger partial charge in [0.25, 0.3) is 11.8 Å². The Morgan fingerprint density at radius 1 is 1.16 bits per heavy atom. The molecule has 4 N–H and O–H groups in total. The van der Waals surface area contributed by atoms with E-state index in [4.69, 9.17) is 5.73 Å². The van der Waals surface area contributed by atoms with E-state index in [9.17, 15) is 14.0 Å². The van der Waals surface area contributed by atoms with Gasteiger partial charge in [0.15, 0.2) is 0 Å². The topological polar surface area (TPSA) is 133 Å². The summed E-state index contributed by atoms with van der Waals surface area (Å²) in [6.07, 6.45) is 3.93. The van der Waals surface area contributed by atoms with Crippen LogP contribution in [0.4, 0.5) is 16.2 Å². The van der Waals surface area contributed by atoms with Crippen molar-refractivity contribution in [3.05, 3.63) is 41.6 Å². The number of nitrogens with one attached hydrogen (secondary N) is 2. The Morgan fingerprint density at radius 2 is 1.90 bits per heavy atom. The summed E-state index contributed by atoms with van der Waals surface area (Å²) in [6.45, 7) is 5.16. The lowest BCUT2D eigenvalue weighted by molar-refractivity contribution is 0.0947. The van der Waals surface area contributed by atoms with Crippen LogP contribution < -0.4 is 20.9 Å². The van der Waals surface area contributed by atoms with E-state index in [-0.39, 0.29) is 17.2 Å². The second-order valence-electron chi connectivity index (χ2n) is 7.26. The standard InChI is InChI=1S/C20H23FN8O2/c1-2-3-23-19(31)15-10-25-16(11-24-15)28-4-6-29(7-5-28)20-26-14-9-12(21)8-13(18(22)30)17(14)27-20/h8-11H,2-7H2,1H3,(H2,22,30)(H,23,31)(H,26,27). The van der Waals surface area contributed by atoms with Crippen LogP contribution in [0, 0.1) is 5.82 Å². The fourth-order valence-electron chi connectivity index (χ4n) is 3.49. The van der Waals surface area contributed by atoms with Gasteiger partial charge in [0.2, 0.25) is 5.95 Å². The maximum atomic E-state index is 13.8. The van der Waals surface area contributed by atoms with Crippen LogP contribution in [0.2, 0.25) is 0 Å². The number of fused-ring (bicyclic) bond motifs is 1. The number of amides is 2. The predicted octanol–water partition coefficient (Wildman–Crippen LogP) is 1.06. The summed E-state index contributed by atoms with van der Waals surface area (Å²) in [4.78, 5) is 43.8. The average Bonchev–Trinajstić information content (AvgIpc) is 3.21. The number of piperazine rings is 1. The maximum Gasteiger partial charge on any atom is 0.271 e. The third-order valence-electron chi connectivity index (χ3n) is 5.11. The molecular formula is C20H23FN8O2. The summed E-state index contributed by atoms with van der Waals surface area (Å²) in [5.41, 5.74) is 6.47. The molecule has 31 heavy (non-hydrogen) atoms. The number of hydrogen-bond acceptors (Lipinski definition) is 7. The van der Waals surface area contributed by atoms with Gasteiger partial charge < -0.3 is 25.8 Å². The number of benzene rings is 1. The summed E-state index contributed by atoms with van der Waals surface area (Å²) in [7, 11) is 0. The van der Waals surface area contributed by atoms with Crippen LogP contribution in [0.1, 0.15) is 34.2 Å². The zero-order valence-corrected chi connectivity index (χ0v) is 17.1. The molecule has 3 heterocycles. The molecule has 2 amide bonds. The van der Waals surface area contributed by atoms with Crippen molar-refractivity contribution in [3.63, 3.8) is 0 Å². The lowest BCUT2D eigenvalue weighted by Crippen LogP contribution is -2.47. The van der Waals surface area contributed by atoms with E-state index in [0.29, 0.717) is 55.5 Å². The van der Waals surface area contributed by atoms with Gasteiger partial charge in [0.1, 0.15) is 22.8 Å². The molecule has 0 saturated carbocycles. The number of anilines is 2. The molecule has 0 spiro atoms.